The predicted molar refractivity (Wildman–Crippen MR) is 40.4 cm³/mol. The summed E-state index contributed by atoms with van der Waals surface area (Å²) in [6.07, 6.45) is 1.48. The van der Waals surface area contributed by atoms with Gasteiger partial charge in [-0.2, -0.15) is 5.10 Å². The predicted octanol–water partition coefficient (Wildman–Crippen LogP) is 0.0330. The Morgan fingerprint density at radius 1 is 1.64 bits per heavy atom. The average molecular weight is 152 g/mol. The molecule has 0 spiro atoms. The smallest absolute Gasteiger partial charge is 0.250 e. The first-order valence-electron chi connectivity index (χ1n) is 4.57. The maximum atomic E-state index is 11.5. The quantitative estimate of drug-likeness (QED) is 0.534. The number of rotatable bonds is 0. The molecule has 0 atom stereocenters. The normalized spacial score (nSPS) is 15.8. The van der Waals surface area contributed by atoms with Gasteiger partial charge in [0.05, 0.1) is 0 Å². The fourth-order valence-electron chi connectivity index (χ4n) is 0.925. The summed E-state index contributed by atoms with van der Waals surface area (Å²) in [6, 6.07) is 4.90. The fraction of sp³-hybridized carbons (Fsp3) is 0.143. The molecule has 0 aromatic carbocycles. The molecule has 0 amide bonds. The number of fused-ring (bicyclic) bond motifs is 1. The van der Waals surface area contributed by atoms with Gasteiger partial charge in [-0.3, -0.25) is 4.40 Å². The number of hydrogen-bond donors (Lipinski definition) is 0. The number of nitrogens with zero attached hydrogens (tertiary/aromatic N) is 3. The molecule has 0 N–H and O–H groups in total. The van der Waals surface area contributed by atoms with Gasteiger partial charge in [0, 0.05) is 17.3 Å². The Bertz CT molecular complexity index is 525. The molecule has 4 heteroatoms. The van der Waals surface area contributed by atoms with E-state index in [-0.39, 0.29) is 0 Å². The molecular weight excluding hydrogens is 142 g/mol. The zero-order chi connectivity index (χ0) is 10.3. The molecule has 0 saturated carbocycles. The first-order chi connectivity index (χ1) is 6.50. The summed E-state index contributed by atoms with van der Waals surface area (Å²) in [5, 5.41) is 3.69. The zero-order valence-electron chi connectivity index (χ0n) is 8.56. The first kappa shape index (κ1) is 3.71. The summed E-state index contributed by atoms with van der Waals surface area (Å²) in [5.41, 5.74) is -0.325. The van der Waals surface area contributed by atoms with Crippen LogP contribution in [0.25, 0.3) is 5.65 Å². The lowest BCUT2D eigenvalue weighted by Crippen LogP contribution is -2.17. The van der Waals surface area contributed by atoms with E-state index in [0.717, 1.165) is 0 Å². The van der Waals surface area contributed by atoms with Gasteiger partial charge in [0.15, 0.2) is 5.65 Å². The Morgan fingerprint density at radius 2 is 2.55 bits per heavy atom. The van der Waals surface area contributed by atoms with Gasteiger partial charge < -0.3 is 0 Å². The van der Waals surface area contributed by atoms with E-state index in [9.17, 15) is 4.79 Å². The Morgan fingerprint density at radius 3 is 3.27 bits per heavy atom. The number of aromatic nitrogens is 3. The Balaban J connectivity index is 2.82. The van der Waals surface area contributed by atoms with E-state index in [2.05, 4.69) is 5.10 Å². The monoisotopic (exact) mass is 152 g/mol. The van der Waals surface area contributed by atoms with Crippen molar-refractivity contribution in [3.05, 3.63) is 34.9 Å². The molecule has 4 nitrogen and oxygen atoms in total. The second kappa shape index (κ2) is 1.95. The summed E-state index contributed by atoms with van der Waals surface area (Å²) in [6.45, 7) is -2.52. The van der Waals surface area contributed by atoms with E-state index in [1.54, 1.807) is 18.2 Å². The van der Waals surface area contributed by atoms with Crippen molar-refractivity contribution in [3.63, 3.8) is 0 Å². The second-order valence-corrected chi connectivity index (χ2v) is 2.12. The molecule has 0 unspecified atom stereocenters. The highest BCUT2D eigenvalue weighted by molar-refractivity contribution is 5.35. The molecule has 2 aromatic rings. The molecular formula is C7H7N3O. The number of aryl methyl sites for hydroxylation is 1. The lowest BCUT2D eigenvalue weighted by Gasteiger charge is -1.84. The van der Waals surface area contributed by atoms with Crippen LogP contribution in [-0.4, -0.2) is 14.2 Å². The van der Waals surface area contributed by atoms with Crippen LogP contribution in [0.2, 0.25) is 0 Å². The van der Waals surface area contributed by atoms with Crippen molar-refractivity contribution in [1.82, 2.24) is 14.2 Å². The third-order valence-electron chi connectivity index (χ3n) is 1.43. The third kappa shape index (κ3) is 0.756. The number of pyridine rings is 1. The molecule has 0 aliphatic rings. The van der Waals surface area contributed by atoms with Gasteiger partial charge in [0.25, 0.3) is 0 Å². The van der Waals surface area contributed by atoms with Crippen LogP contribution in [0.4, 0.5) is 0 Å². The maximum absolute atomic E-state index is 11.5. The molecule has 0 fully saturated rings. The SMILES string of the molecule is [2H]C([2H])([2H])n1nc2ccccn2c1=O. The second-order valence-electron chi connectivity index (χ2n) is 2.12. The topological polar surface area (TPSA) is 39.3 Å². The van der Waals surface area contributed by atoms with Crippen molar-refractivity contribution >= 4 is 5.65 Å². The van der Waals surface area contributed by atoms with Crippen LogP contribution in [0.5, 0.6) is 0 Å². The van der Waals surface area contributed by atoms with E-state index in [1.807, 2.05) is 0 Å². The van der Waals surface area contributed by atoms with Crippen LogP contribution in [0.15, 0.2) is 29.2 Å². The third-order valence-corrected chi connectivity index (χ3v) is 1.43. The lowest BCUT2D eigenvalue weighted by molar-refractivity contribution is 0.733. The fourth-order valence-corrected chi connectivity index (χ4v) is 0.925. The minimum absolute atomic E-state index is 0.327. The summed E-state index contributed by atoms with van der Waals surface area (Å²) >= 11 is 0. The number of hydrogen-bond acceptors (Lipinski definition) is 2. The summed E-state index contributed by atoms with van der Waals surface area (Å²) < 4.78 is 22.9. The van der Waals surface area contributed by atoms with Gasteiger partial charge in [-0.25, -0.2) is 9.48 Å². The molecule has 0 aliphatic carbocycles. The molecule has 0 aliphatic heterocycles. The Kier molecular flexibility index (Phi) is 0.657. The van der Waals surface area contributed by atoms with Crippen molar-refractivity contribution in [1.29, 1.82) is 0 Å². The van der Waals surface area contributed by atoms with Crippen LogP contribution < -0.4 is 5.69 Å². The van der Waals surface area contributed by atoms with Crippen molar-refractivity contribution in [2.24, 2.45) is 6.98 Å². The molecule has 2 rings (SSSR count). The lowest BCUT2D eigenvalue weighted by atomic mass is 10.5. The van der Waals surface area contributed by atoms with Gasteiger partial charge >= 0.3 is 5.69 Å². The Hall–Kier alpha value is -1.58. The molecule has 11 heavy (non-hydrogen) atoms. The van der Waals surface area contributed by atoms with Crippen LogP contribution >= 0.6 is 0 Å². The van der Waals surface area contributed by atoms with Crippen molar-refractivity contribution < 1.29 is 4.11 Å². The molecule has 0 bridgehead atoms. The van der Waals surface area contributed by atoms with E-state index < -0.39 is 12.7 Å². The van der Waals surface area contributed by atoms with Crippen molar-refractivity contribution in [2.45, 2.75) is 0 Å². The molecule has 2 heterocycles. The van der Waals surface area contributed by atoms with E-state index in [1.165, 1.54) is 10.6 Å². The van der Waals surface area contributed by atoms with Gasteiger partial charge in [0.2, 0.25) is 0 Å². The standard InChI is InChI=1S/C7H7N3O/c1-9-7(11)10-5-3-2-4-6(10)8-9/h2-5H,1H3/i1D3. The van der Waals surface area contributed by atoms with Crippen LogP contribution in [0, 0.1) is 0 Å². The van der Waals surface area contributed by atoms with Crippen LogP contribution in [-0.2, 0) is 6.98 Å². The average Bonchev–Trinajstić information content (AvgIpc) is 2.44. The van der Waals surface area contributed by atoms with E-state index >= 15 is 0 Å². The van der Waals surface area contributed by atoms with E-state index in [0.29, 0.717) is 10.3 Å². The zero-order valence-corrected chi connectivity index (χ0v) is 5.56. The molecule has 56 valence electrons. The molecule has 2 aromatic heterocycles. The first-order valence-corrected chi connectivity index (χ1v) is 3.07. The highest BCUT2D eigenvalue weighted by atomic mass is 16.2. The summed E-state index contributed by atoms with van der Waals surface area (Å²) in [4.78, 5) is 11.5. The molecule has 0 saturated heterocycles. The van der Waals surface area contributed by atoms with Crippen molar-refractivity contribution in [3.8, 4) is 0 Å². The van der Waals surface area contributed by atoms with Gasteiger partial charge in [-0.1, -0.05) is 6.07 Å². The summed E-state index contributed by atoms with van der Waals surface area (Å²) in [7, 11) is 0. The van der Waals surface area contributed by atoms with Crippen LogP contribution in [0.1, 0.15) is 4.11 Å². The van der Waals surface area contributed by atoms with Crippen LogP contribution in [0.3, 0.4) is 0 Å². The highest BCUT2D eigenvalue weighted by Gasteiger charge is 1.99. The maximum Gasteiger partial charge on any atom is 0.350 e. The van der Waals surface area contributed by atoms with Gasteiger partial charge in [-0.15, -0.1) is 0 Å². The summed E-state index contributed by atoms with van der Waals surface area (Å²) in [5.74, 6) is 0. The van der Waals surface area contributed by atoms with Gasteiger partial charge in [0.1, 0.15) is 0 Å². The Labute approximate surface area is 66.9 Å². The van der Waals surface area contributed by atoms with Gasteiger partial charge in [-0.05, 0) is 12.1 Å². The molecule has 0 radical (unpaired) electrons. The minimum Gasteiger partial charge on any atom is -0.250 e. The largest absolute Gasteiger partial charge is 0.350 e. The van der Waals surface area contributed by atoms with E-state index in [4.69, 9.17) is 4.11 Å². The van der Waals surface area contributed by atoms with Crippen molar-refractivity contribution in [2.75, 3.05) is 0 Å². The highest BCUT2D eigenvalue weighted by Crippen LogP contribution is 1.92. The minimum atomic E-state index is -2.52.